The predicted molar refractivity (Wildman–Crippen MR) is 122 cm³/mol. The van der Waals surface area contributed by atoms with E-state index in [1.54, 1.807) is 11.6 Å². The molecule has 2 heteroatoms. The third kappa shape index (κ3) is 3.08. The first-order chi connectivity index (χ1) is 14.3. The van der Waals surface area contributed by atoms with Gasteiger partial charge in [-0.05, 0) is 109 Å². The van der Waals surface area contributed by atoms with E-state index in [2.05, 4.69) is 32.9 Å². The van der Waals surface area contributed by atoms with E-state index < -0.39 is 0 Å². The Morgan fingerprint density at radius 2 is 1.97 bits per heavy atom. The summed E-state index contributed by atoms with van der Waals surface area (Å²) >= 11 is 0. The molecule has 1 unspecified atom stereocenters. The molecule has 5 rings (SSSR count). The van der Waals surface area contributed by atoms with E-state index in [0.717, 1.165) is 24.7 Å². The summed E-state index contributed by atoms with van der Waals surface area (Å²) in [5, 5.41) is 21.2. The molecule has 0 heterocycles. The van der Waals surface area contributed by atoms with Crippen LogP contribution in [0.3, 0.4) is 0 Å². The Bertz CT molecular complexity index is 828. The third-order valence-corrected chi connectivity index (χ3v) is 10.2. The average Bonchev–Trinajstić information content (AvgIpc) is 2.97. The highest BCUT2D eigenvalue weighted by molar-refractivity contribution is 5.28. The summed E-state index contributed by atoms with van der Waals surface area (Å²) in [5.41, 5.74) is 3.63. The maximum absolute atomic E-state index is 11.3. The van der Waals surface area contributed by atoms with Gasteiger partial charge in [0.25, 0.3) is 0 Å². The molecule has 1 aromatic carbocycles. The Balaban J connectivity index is 1.40. The number of fused-ring (bicyclic) bond motifs is 5. The summed E-state index contributed by atoms with van der Waals surface area (Å²) < 4.78 is 0. The van der Waals surface area contributed by atoms with Crippen LogP contribution in [-0.4, -0.2) is 16.3 Å². The van der Waals surface area contributed by atoms with E-state index in [4.69, 9.17) is 0 Å². The Hall–Kier alpha value is -1.28. The van der Waals surface area contributed by atoms with Crippen LogP contribution in [0.4, 0.5) is 0 Å². The first kappa shape index (κ1) is 20.6. The topological polar surface area (TPSA) is 40.5 Å². The van der Waals surface area contributed by atoms with Crippen LogP contribution in [-0.2, 0) is 6.42 Å². The number of rotatable bonds is 3. The van der Waals surface area contributed by atoms with Crippen LogP contribution in [0.25, 0.3) is 0 Å². The number of aromatic hydroxyl groups is 1. The van der Waals surface area contributed by atoms with Crippen molar-refractivity contribution in [3.63, 3.8) is 0 Å². The molecule has 4 aliphatic carbocycles. The Morgan fingerprint density at radius 3 is 2.77 bits per heavy atom. The molecule has 0 aromatic heterocycles. The lowest BCUT2D eigenvalue weighted by atomic mass is 9.47. The fourth-order valence-electron chi connectivity index (χ4n) is 8.96. The molecule has 0 amide bonds. The van der Waals surface area contributed by atoms with Gasteiger partial charge in [-0.3, -0.25) is 0 Å². The number of phenols is 1. The largest absolute Gasteiger partial charge is 0.508 e. The highest BCUT2D eigenvalue weighted by atomic mass is 16.3. The Kier molecular flexibility index (Phi) is 5.08. The molecule has 164 valence electrons. The SMILES string of the molecule is CC(Cc1cccc(O)c1)[C@H]1[C@@H](O)C[C@H]2[C@@H]3CC=C4CCCC[C@]4(C)[C@H]3CC[C@@]21C. The van der Waals surface area contributed by atoms with Crippen molar-refractivity contribution in [3.8, 4) is 5.75 Å². The second-order valence-corrected chi connectivity index (χ2v) is 11.7. The van der Waals surface area contributed by atoms with Crippen molar-refractivity contribution in [2.45, 2.75) is 84.7 Å². The van der Waals surface area contributed by atoms with Crippen LogP contribution in [0.2, 0.25) is 0 Å². The molecule has 0 radical (unpaired) electrons. The van der Waals surface area contributed by atoms with E-state index in [0.29, 0.717) is 28.9 Å². The first-order valence-corrected chi connectivity index (χ1v) is 12.5. The van der Waals surface area contributed by atoms with Crippen molar-refractivity contribution in [3.05, 3.63) is 41.5 Å². The summed E-state index contributed by atoms with van der Waals surface area (Å²) in [6, 6.07) is 7.69. The minimum Gasteiger partial charge on any atom is -0.508 e. The highest BCUT2D eigenvalue weighted by Crippen LogP contribution is 2.67. The average molecular weight is 409 g/mol. The summed E-state index contributed by atoms with van der Waals surface area (Å²) in [6.07, 6.45) is 13.7. The van der Waals surface area contributed by atoms with Gasteiger partial charge >= 0.3 is 0 Å². The summed E-state index contributed by atoms with van der Waals surface area (Å²) in [5.74, 6) is 3.36. The lowest BCUT2D eigenvalue weighted by molar-refractivity contribution is -0.0548. The summed E-state index contributed by atoms with van der Waals surface area (Å²) in [6.45, 7) is 7.42. The van der Waals surface area contributed by atoms with Gasteiger partial charge in [0.2, 0.25) is 0 Å². The van der Waals surface area contributed by atoms with E-state index in [1.165, 1.54) is 50.5 Å². The van der Waals surface area contributed by atoms with Gasteiger partial charge in [-0.2, -0.15) is 0 Å². The molecule has 0 aliphatic heterocycles. The van der Waals surface area contributed by atoms with Gasteiger partial charge in [0.15, 0.2) is 0 Å². The van der Waals surface area contributed by atoms with Gasteiger partial charge in [-0.25, -0.2) is 0 Å². The molecule has 0 saturated heterocycles. The predicted octanol–water partition coefficient (Wildman–Crippen LogP) is 6.51. The maximum atomic E-state index is 11.3. The Labute approximate surface area is 182 Å². The van der Waals surface area contributed by atoms with Gasteiger partial charge < -0.3 is 10.2 Å². The molecule has 2 N–H and O–H groups in total. The highest BCUT2D eigenvalue weighted by Gasteiger charge is 2.61. The number of hydrogen-bond donors (Lipinski definition) is 2. The monoisotopic (exact) mass is 408 g/mol. The fourth-order valence-corrected chi connectivity index (χ4v) is 8.96. The van der Waals surface area contributed by atoms with Crippen molar-refractivity contribution in [1.29, 1.82) is 0 Å². The lowest BCUT2D eigenvalue weighted by Gasteiger charge is -2.58. The van der Waals surface area contributed by atoms with Gasteiger partial charge in [-0.1, -0.05) is 51.0 Å². The smallest absolute Gasteiger partial charge is 0.115 e. The summed E-state index contributed by atoms with van der Waals surface area (Å²) in [7, 11) is 0. The van der Waals surface area contributed by atoms with Gasteiger partial charge in [0.1, 0.15) is 5.75 Å². The Morgan fingerprint density at radius 1 is 1.13 bits per heavy atom. The zero-order chi connectivity index (χ0) is 21.1. The van der Waals surface area contributed by atoms with Crippen LogP contribution in [0, 0.1) is 40.4 Å². The number of aliphatic hydroxyl groups is 1. The molecule has 2 nitrogen and oxygen atoms in total. The maximum Gasteiger partial charge on any atom is 0.115 e. The fraction of sp³-hybridized carbons (Fsp3) is 0.714. The lowest BCUT2D eigenvalue weighted by Crippen LogP contribution is -2.50. The van der Waals surface area contributed by atoms with Crippen LogP contribution in [0.15, 0.2) is 35.9 Å². The molecule has 4 aliphatic rings. The second kappa shape index (κ2) is 7.40. The number of aliphatic hydroxyl groups excluding tert-OH is 1. The van der Waals surface area contributed by atoms with Gasteiger partial charge in [0.05, 0.1) is 6.10 Å². The molecular formula is C28H40O2. The zero-order valence-corrected chi connectivity index (χ0v) is 19.1. The van der Waals surface area contributed by atoms with Crippen LogP contribution >= 0.6 is 0 Å². The summed E-state index contributed by atoms with van der Waals surface area (Å²) in [4.78, 5) is 0. The first-order valence-electron chi connectivity index (χ1n) is 12.5. The molecule has 0 spiro atoms. The van der Waals surface area contributed by atoms with Crippen LogP contribution in [0.1, 0.15) is 77.7 Å². The van der Waals surface area contributed by atoms with Crippen LogP contribution in [0.5, 0.6) is 5.75 Å². The quantitative estimate of drug-likeness (QED) is 0.560. The van der Waals surface area contributed by atoms with Crippen molar-refractivity contribution in [2.24, 2.45) is 40.4 Å². The zero-order valence-electron chi connectivity index (χ0n) is 19.1. The van der Waals surface area contributed by atoms with Crippen molar-refractivity contribution < 1.29 is 10.2 Å². The van der Waals surface area contributed by atoms with E-state index in [1.807, 2.05) is 12.1 Å². The molecule has 30 heavy (non-hydrogen) atoms. The van der Waals surface area contributed by atoms with Crippen molar-refractivity contribution >= 4 is 0 Å². The van der Waals surface area contributed by atoms with E-state index in [9.17, 15) is 10.2 Å². The van der Waals surface area contributed by atoms with Gasteiger partial charge in [-0.15, -0.1) is 0 Å². The number of benzene rings is 1. The molecule has 3 saturated carbocycles. The molecule has 3 fully saturated rings. The number of allylic oxidation sites excluding steroid dienone is 2. The second-order valence-electron chi connectivity index (χ2n) is 11.7. The van der Waals surface area contributed by atoms with Crippen molar-refractivity contribution in [2.75, 3.05) is 0 Å². The standard InChI is InChI=1S/C28H40O2/c1-18(15-19-7-6-9-21(29)16-19)26-25(30)17-24-22-11-10-20-8-4-5-13-27(20,2)23(22)12-14-28(24,26)3/h6-7,9-10,16,18,22-26,29-30H,4-5,8,11-15,17H2,1-3H3/t18?,22-,23+,24+,25+,26+,27+,28+/m1/s1. The minimum atomic E-state index is -0.185. The number of hydrogen-bond acceptors (Lipinski definition) is 2. The molecule has 1 aromatic rings. The van der Waals surface area contributed by atoms with E-state index in [-0.39, 0.29) is 11.5 Å². The normalized spacial score (nSPS) is 43.9. The number of phenolic OH excluding ortho intramolecular Hbond substituents is 1. The molecular weight excluding hydrogens is 368 g/mol. The third-order valence-electron chi connectivity index (χ3n) is 10.2. The molecule has 8 atom stereocenters. The van der Waals surface area contributed by atoms with E-state index >= 15 is 0 Å². The molecule has 0 bridgehead atoms. The van der Waals surface area contributed by atoms with Crippen molar-refractivity contribution in [1.82, 2.24) is 0 Å². The van der Waals surface area contributed by atoms with Crippen LogP contribution < -0.4 is 0 Å². The minimum absolute atomic E-state index is 0.185. The van der Waals surface area contributed by atoms with Gasteiger partial charge in [0, 0.05) is 0 Å².